The van der Waals surface area contributed by atoms with Gasteiger partial charge in [-0.1, -0.05) is 0 Å². The first-order valence-electron chi connectivity index (χ1n) is 3.03. The maximum absolute atomic E-state index is 10.1. The summed E-state index contributed by atoms with van der Waals surface area (Å²) >= 11 is 0. The van der Waals surface area contributed by atoms with Crippen LogP contribution in [-0.2, 0) is 10.4 Å². The molecule has 0 N–H and O–H groups in total. The summed E-state index contributed by atoms with van der Waals surface area (Å²) in [7, 11) is -4.82. The van der Waals surface area contributed by atoms with Crippen molar-refractivity contribution in [3.63, 3.8) is 0 Å². The fraction of sp³-hybridized carbons (Fsp3) is 0. The van der Waals surface area contributed by atoms with Gasteiger partial charge < -0.3 is 8.74 Å². The Labute approximate surface area is 103 Å². The van der Waals surface area contributed by atoms with E-state index in [0.29, 0.717) is 0 Å². The molecule has 0 saturated heterocycles. The second-order valence-corrected chi connectivity index (χ2v) is 2.97. The van der Waals surface area contributed by atoms with E-state index in [2.05, 4.69) is 9.17 Å². The number of aromatic nitrogens is 1. The van der Waals surface area contributed by atoms with Gasteiger partial charge in [0.15, 0.2) is 0 Å². The van der Waals surface area contributed by atoms with Crippen LogP contribution >= 0.6 is 0 Å². The Kier molecular flexibility index (Phi) is 5.04. The van der Waals surface area contributed by atoms with Crippen molar-refractivity contribution in [2.75, 3.05) is 0 Å². The van der Waals surface area contributed by atoms with Crippen molar-refractivity contribution in [2.24, 2.45) is 0 Å². The van der Waals surface area contributed by atoms with Crippen LogP contribution in [0.25, 0.3) is 0 Å². The molecule has 1 rings (SSSR count). The fourth-order valence-corrected chi connectivity index (χ4v) is 0.929. The molecule has 1 aromatic rings. The summed E-state index contributed by atoms with van der Waals surface area (Å²) in [5.74, 6) is -0.408. The van der Waals surface area contributed by atoms with Crippen molar-refractivity contribution in [1.82, 2.24) is 4.98 Å². The zero-order chi connectivity index (χ0) is 9.90. The summed E-state index contributed by atoms with van der Waals surface area (Å²) in [5, 5.41) is 8.40. The molecule has 8 heteroatoms. The molecule has 0 aliphatic carbocycles. The Morgan fingerprint density at radius 3 is 2.71 bits per heavy atom. The van der Waals surface area contributed by atoms with E-state index in [-0.39, 0.29) is 35.1 Å². The second-order valence-electron chi connectivity index (χ2n) is 1.99. The maximum atomic E-state index is 10.1. The number of pyridine rings is 1. The number of rotatable bonds is 2. The van der Waals surface area contributed by atoms with Crippen LogP contribution < -0.4 is 33.7 Å². The minimum atomic E-state index is -4.82. The van der Waals surface area contributed by atoms with Gasteiger partial charge in [-0.3, -0.25) is 0 Å². The first kappa shape index (κ1) is 13.4. The van der Waals surface area contributed by atoms with Crippen molar-refractivity contribution >= 4 is 10.4 Å². The Hall–Kier alpha value is -0.650. The van der Waals surface area contributed by atoms with Gasteiger partial charge in [0.1, 0.15) is 0 Å². The fourth-order valence-electron chi connectivity index (χ4n) is 0.629. The van der Waals surface area contributed by atoms with Gasteiger partial charge in [0.2, 0.25) is 5.88 Å². The molecule has 0 unspecified atom stereocenters. The van der Waals surface area contributed by atoms with Gasteiger partial charge in [0, 0.05) is 12.3 Å². The third-order valence-corrected chi connectivity index (χ3v) is 1.43. The quantitative estimate of drug-likeness (QED) is 0.296. The maximum Gasteiger partial charge on any atom is 1.00 e. The standard InChI is InChI=1S/C6H4N2O4S.Na/c7-4-5-1-2-8-6(3-5)12-13(9,10)11;/h1-3H,(H,9,10,11);/q;+1/p-1. The summed E-state index contributed by atoms with van der Waals surface area (Å²) < 4.78 is 34.2. The molecule has 0 aliphatic rings. The smallest absolute Gasteiger partial charge is 0.716 e. The van der Waals surface area contributed by atoms with Crippen molar-refractivity contribution in [3.8, 4) is 11.9 Å². The summed E-state index contributed by atoms with van der Waals surface area (Å²) in [6.45, 7) is 0. The van der Waals surface area contributed by atoms with Gasteiger partial charge in [-0.05, 0) is 6.07 Å². The van der Waals surface area contributed by atoms with Gasteiger partial charge in [0.05, 0.1) is 11.6 Å². The third-order valence-electron chi connectivity index (χ3n) is 1.05. The molecule has 14 heavy (non-hydrogen) atoms. The molecular weight excluding hydrogens is 219 g/mol. The summed E-state index contributed by atoms with van der Waals surface area (Å²) in [6.07, 6.45) is 1.17. The molecule has 1 aromatic heterocycles. The van der Waals surface area contributed by atoms with Gasteiger partial charge >= 0.3 is 29.6 Å². The molecule has 0 bridgehead atoms. The molecule has 0 spiro atoms. The van der Waals surface area contributed by atoms with E-state index < -0.39 is 16.3 Å². The first-order valence-corrected chi connectivity index (χ1v) is 4.36. The van der Waals surface area contributed by atoms with E-state index in [1.165, 1.54) is 12.3 Å². The summed E-state index contributed by atoms with van der Waals surface area (Å²) in [4.78, 5) is 3.42. The van der Waals surface area contributed by atoms with Crippen molar-refractivity contribution in [1.29, 1.82) is 5.26 Å². The predicted molar refractivity (Wildman–Crippen MR) is 39.3 cm³/mol. The van der Waals surface area contributed by atoms with E-state index in [0.717, 1.165) is 6.07 Å². The zero-order valence-corrected chi connectivity index (χ0v) is 9.98. The SMILES string of the molecule is N#Cc1ccnc(OS(=O)(=O)[O-])c1.[Na+]. The monoisotopic (exact) mass is 222 g/mol. The van der Waals surface area contributed by atoms with E-state index in [4.69, 9.17) is 5.26 Å². The molecule has 0 aliphatic heterocycles. The van der Waals surface area contributed by atoms with Crippen LogP contribution in [0.15, 0.2) is 18.3 Å². The van der Waals surface area contributed by atoms with E-state index >= 15 is 0 Å². The predicted octanol–water partition coefficient (Wildman–Crippen LogP) is -3.20. The Morgan fingerprint density at radius 1 is 1.57 bits per heavy atom. The van der Waals surface area contributed by atoms with E-state index in [1.54, 1.807) is 6.07 Å². The third kappa shape index (κ3) is 4.55. The topological polar surface area (TPSA) is 103 Å². The van der Waals surface area contributed by atoms with Crippen LogP contribution in [0.1, 0.15) is 5.56 Å². The van der Waals surface area contributed by atoms with E-state index in [1.807, 2.05) is 0 Å². The Morgan fingerprint density at radius 2 is 2.21 bits per heavy atom. The van der Waals surface area contributed by atoms with Crippen LogP contribution in [0.3, 0.4) is 0 Å². The number of nitrogens with zero attached hydrogens (tertiary/aromatic N) is 2. The summed E-state index contributed by atoms with van der Waals surface area (Å²) in [5.41, 5.74) is 0.161. The average molecular weight is 222 g/mol. The Bertz CT molecular complexity index is 453. The van der Waals surface area contributed by atoms with E-state index in [9.17, 15) is 13.0 Å². The molecule has 0 fully saturated rings. The minimum absolute atomic E-state index is 0. The first-order chi connectivity index (χ1) is 6.01. The zero-order valence-electron chi connectivity index (χ0n) is 7.17. The van der Waals surface area contributed by atoms with Crippen molar-refractivity contribution in [2.45, 2.75) is 0 Å². The van der Waals surface area contributed by atoms with Gasteiger partial charge in [-0.2, -0.15) is 5.26 Å². The molecule has 0 radical (unpaired) electrons. The normalized spacial score (nSPS) is 9.71. The van der Waals surface area contributed by atoms with Gasteiger partial charge in [0.25, 0.3) is 10.4 Å². The molecule has 1 heterocycles. The number of hydrogen-bond donors (Lipinski definition) is 0. The molecule has 68 valence electrons. The van der Waals surface area contributed by atoms with Crippen LogP contribution in [0.2, 0.25) is 0 Å². The van der Waals surface area contributed by atoms with Crippen molar-refractivity contribution < 1.29 is 46.7 Å². The second kappa shape index (κ2) is 5.29. The van der Waals surface area contributed by atoms with Crippen LogP contribution in [0.4, 0.5) is 0 Å². The number of hydrogen-bond acceptors (Lipinski definition) is 6. The largest absolute Gasteiger partial charge is 1.00 e. The molecule has 0 atom stereocenters. The van der Waals surface area contributed by atoms with Gasteiger partial charge in [-0.15, -0.1) is 0 Å². The average Bonchev–Trinajstić information content (AvgIpc) is 2.01. The van der Waals surface area contributed by atoms with Crippen LogP contribution in [0.5, 0.6) is 5.88 Å². The molecule has 0 saturated carbocycles. The molecule has 0 amide bonds. The number of nitriles is 1. The van der Waals surface area contributed by atoms with Gasteiger partial charge in [-0.25, -0.2) is 13.4 Å². The van der Waals surface area contributed by atoms with Crippen molar-refractivity contribution in [3.05, 3.63) is 23.9 Å². The minimum Gasteiger partial charge on any atom is -0.716 e. The van der Waals surface area contributed by atoms with Crippen LogP contribution in [-0.4, -0.2) is 18.0 Å². The molecule has 0 aromatic carbocycles. The molecular formula is C6H3N2NaO4S. The van der Waals surface area contributed by atoms with Crippen LogP contribution in [0, 0.1) is 11.3 Å². The Balaban J connectivity index is 0.00000169. The molecule has 6 nitrogen and oxygen atoms in total. The summed E-state index contributed by atoms with van der Waals surface area (Å²) in [6, 6.07) is 4.14.